The third kappa shape index (κ3) is 11.6. The number of unbranched alkanes of at least 4 members (excludes halogenated alkanes) is 2. The highest BCUT2D eigenvalue weighted by Gasteiger charge is 2.28. The monoisotopic (exact) mass is 434 g/mol. The number of carbonyl (C=O) groups is 4. The molecule has 0 rings (SSSR count). The third-order valence-corrected chi connectivity index (χ3v) is 4.53. The van der Waals surface area contributed by atoms with E-state index >= 15 is 0 Å². The minimum Gasteiger partial charge on any atom is -0.480 e. The third-order valence-electron chi connectivity index (χ3n) is 4.16. The zero-order chi connectivity index (χ0) is 22.2. The van der Waals surface area contributed by atoms with Crippen LogP contribution in [0.3, 0.4) is 0 Å². The van der Waals surface area contributed by atoms with Crippen LogP contribution in [0.1, 0.15) is 38.5 Å². The van der Waals surface area contributed by atoms with Gasteiger partial charge < -0.3 is 38.3 Å². The number of rotatable bonds is 16. The highest BCUT2D eigenvalue weighted by molar-refractivity contribution is 7.80. The van der Waals surface area contributed by atoms with Crippen molar-refractivity contribution in [2.24, 2.45) is 17.2 Å². The summed E-state index contributed by atoms with van der Waals surface area (Å²) in [7, 11) is 0. The van der Waals surface area contributed by atoms with Crippen LogP contribution < -0.4 is 33.2 Å². The number of carbonyl (C=O) groups excluding carboxylic acids is 3. The molecular formula is C17H34N6O5S. The molecule has 0 aromatic rings. The number of aliphatic carboxylic acids is 1. The van der Waals surface area contributed by atoms with Crippen LogP contribution in [-0.4, -0.2) is 72.3 Å². The molecule has 168 valence electrons. The summed E-state index contributed by atoms with van der Waals surface area (Å²) in [5.41, 5.74) is 16.2. The van der Waals surface area contributed by atoms with E-state index in [1.54, 1.807) is 0 Å². The smallest absolute Gasteiger partial charge is 0.327 e. The maximum Gasteiger partial charge on any atom is 0.327 e. The fraction of sp³-hybridized carbons (Fsp3) is 0.765. The highest BCUT2D eigenvalue weighted by Crippen LogP contribution is 2.06. The molecule has 10 N–H and O–H groups in total. The normalized spacial score (nSPS) is 13.8. The standard InChI is InChI=1S/C17H34N6O5S/c18-7-3-1-5-11(21-14(24)9-20)15(25)22-12(6-2-4-8-19)16(26)23-13(10-29)17(27)28/h11-13,29H,1-10,18-20H2,(H,21,24)(H,22,25)(H,23,26)(H,27,28). The molecule has 0 aliphatic heterocycles. The lowest BCUT2D eigenvalue weighted by Gasteiger charge is -2.24. The van der Waals surface area contributed by atoms with Crippen LogP contribution in [0.2, 0.25) is 0 Å². The molecule has 3 atom stereocenters. The van der Waals surface area contributed by atoms with Gasteiger partial charge in [-0.25, -0.2) is 4.79 Å². The minimum atomic E-state index is -1.23. The van der Waals surface area contributed by atoms with Crippen molar-refractivity contribution in [2.45, 2.75) is 56.7 Å². The topological polar surface area (TPSA) is 203 Å². The predicted molar refractivity (Wildman–Crippen MR) is 112 cm³/mol. The van der Waals surface area contributed by atoms with Gasteiger partial charge in [0.15, 0.2) is 0 Å². The van der Waals surface area contributed by atoms with E-state index in [0.717, 1.165) is 0 Å². The molecule has 12 heteroatoms. The predicted octanol–water partition coefficient (Wildman–Crippen LogP) is -2.33. The van der Waals surface area contributed by atoms with Crippen molar-refractivity contribution >= 4 is 36.3 Å². The Labute approximate surface area is 176 Å². The van der Waals surface area contributed by atoms with E-state index in [2.05, 4.69) is 28.6 Å². The lowest BCUT2D eigenvalue weighted by molar-refractivity contribution is -0.141. The Hall–Kier alpha value is -1.89. The van der Waals surface area contributed by atoms with Crippen LogP contribution in [0.15, 0.2) is 0 Å². The molecule has 29 heavy (non-hydrogen) atoms. The number of nitrogens with one attached hydrogen (secondary N) is 3. The van der Waals surface area contributed by atoms with Gasteiger partial charge in [0.05, 0.1) is 6.54 Å². The molecule has 3 amide bonds. The highest BCUT2D eigenvalue weighted by atomic mass is 32.1. The van der Waals surface area contributed by atoms with Crippen LogP contribution >= 0.6 is 12.6 Å². The van der Waals surface area contributed by atoms with Crippen molar-refractivity contribution in [3.63, 3.8) is 0 Å². The van der Waals surface area contributed by atoms with Gasteiger partial charge in [-0.2, -0.15) is 12.6 Å². The quantitative estimate of drug-likeness (QED) is 0.0975. The number of hydrogen-bond acceptors (Lipinski definition) is 8. The fourth-order valence-electron chi connectivity index (χ4n) is 2.51. The van der Waals surface area contributed by atoms with Crippen LogP contribution in [0.4, 0.5) is 0 Å². The summed E-state index contributed by atoms with van der Waals surface area (Å²) < 4.78 is 0. The fourth-order valence-corrected chi connectivity index (χ4v) is 2.75. The number of amides is 3. The summed E-state index contributed by atoms with van der Waals surface area (Å²) in [6.07, 6.45) is 3.07. The molecule has 0 radical (unpaired) electrons. The average Bonchev–Trinajstić information content (AvgIpc) is 2.69. The maximum absolute atomic E-state index is 12.7. The second kappa shape index (κ2) is 16.0. The van der Waals surface area contributed by atoms with Gasteiger partial charge >= 0.3 is 5.97 Å². The summed E-state index contributed by atoms with van der Waals surface area (Å²) in [5, 5.41) is 16.6. The van der Waals surface area contributed by atoms with Crippen LogP contribution in [-0.2, 0) is 19.2 Å². The Morgan fingerprint density at radius 2 is 1.21 bits per heavy atom. The molecule has 11 nitrogen and oxygen atoms in total. The molecular weight excluding hydrogens is 400 g/mol. The average molecular weight is 435 g/mol. The van der Waals surface area contributed by atoms with Crippen molar-refractivity contribution in [1.29, 1.82) is 0 Å². The summed E-state index contributed by atoms with van der Waals surface area (Å²) in [6, 6.07) is -3.03. The number of thiol groups is 1. The van der Waals surface area contributed by atoms with E-state index in [1.165, 1.54) is 0 Å². The molecule has 0 bridgehead atoms. The molecule has 0 saturated carbocycles. The van der Waals surface area contributed by atoms with Crippen LogP contribution in [0.5, 0.6) is 0 Å². The summed E-state index contributed by atoms with van der Waals surface area (Å²) in [5.74, 6) is -3.01. The van der Waals surface area contributed by atoms with Gasteiger partial charge in [-0.05, 0) is 51.6 Å². The Kier molecular flexibility index (Phi) is 14.9. The SMILES string of the molecule is NCCCCC(NC(=O)CN)C(=O)NC(CCCCN)C(=O)NC(CS)C(=O)O. The molecule has 0 aliphatic rings. The summed E-state index contributed by atoms with van der Waals surface area (Å²) >= 11 is 3.91. The molecule has 0 spiro atoms. The van der Waals surface area contributed by atoms with Crippen molar-refractivity contribution in [2.75, 3.05) is 25.4 Å². The first-order valence-electron chi connectivity index (χ1n) is 9.64. The molecule has 0 aromatic heterocycles. The largest absolute Gasteiger partial charge is 0.480 e. The van der Waals surface area contributed by atoms with E-state index in [-0.39, 0.29) is 18.7 Å². The van der Waals surface area contributed by atoms with Crippen molar-refractivity contribution in [3.8, 4) is 0 Å². The Bertz CT molecular complexity index is 536. The molecule has 0 fully saturated rings. The molecule has 3 unspecified atom stereocenters. The maximum atomic E-state index is 12.7. The second-order valence-corrected chi connectivity index (χ2v) is 6.90. The van der Waals surface area contributed by atoms with Gasteiger partial charge in [0.25, 0.3) is 0 Å². The van der Waals surface area contributed by atoms with Gasteiger partial charge in [0.1, 0.15) is 18.1 Å². The zero-order valence-corrected chi connectivity index (χ0v) is 17.5. The van der Waals surface area contributed by atoms with E-state index in [9.17, 15) is 19.2 Å². The first kappa shape index (κ1) is 27.1. The van der Waals surface area contributed by atoms with E-state index in [0.29, 0.717) is 45.2 Å². The minimum absolute atomic E-state index is 0.0984. The number of hydrogen-bond donors (Lipinski definition) is 8. The Balaban J connectivity index is 5.20. The lowest BCUT2D eigenvalue weighted by Crippen LogP contribution is -2.56. The number of carboxylic acids is 1. The molecule has 0 saturated heterocycles. The van der Waals surface area contributed by atoms with Gasteiger partial charge in [0.2, 0.25) is 17.7 Å². The Morgan fingerprint density at radius 1 is 0.759 bits per heavy atom. The lowest BCUT2D eigenvalue weighted by atomic mass is 10.0. The second-order valence-electron chi connectivity index (χ2n) is 6.54. The van der Waals surface area contributed by atoms with Crippen molar-refractivity contribution in [1.82, 2.24) is 16.0 Å². The first-order valence-corrected chi connectivity index (χ1v) is 10.3. The Morgan fingerprint density at radius 3 is 1.59 bits per heavy atom. The van der Waals surface area contributed by atoms with E-state index in [1.807, 2.05) is 0 Å². The first-order chi connectivity index (χ1) is 13.8. The molecule has 0 aromatic carbocycles. The van der Waals surface area contributed by atoms with E-state index < -0.39 is 41.8 Å². The summed E-state index contributed by atoms with van der Waals surface area (Å²) in [6.45, 7) is 0.595. The van der Waals surface area contributed by atoms with Crippen LogP contribution in [0.25, 0.3) is 0 Å². The molecule has 0 aliphatic carbocycles. The molecule has 0 heterocycles. The zero-order valence-electron chi connectivity index (χ0n) is 16.6. The van der Waals surface area contributed by atoms with Gasteiger partial charge in [-0.15, -0.1) is 0 Å². The van der Waals surface area contributed by atoms with Gasteiger partial charge in [-0.1, -0.05) is 0 Å². The number of nitrogens with two attached hydrogens (primary N) is 3. The van der Waals surface area contributed by atoms with Gasteiger partial charge in [0, 0.05) is 5.75 Å². The van der Waals surface area contributed by atoms with Crippen molar-refractivity contribution < 1.29 is 24.3 Å². The summed E-state index contributed by atoms with van der Waals surface area (Å²) in [4.78, 5) is 48.0. The van der Waals surface area contributed by atoms with Crippen LogP contribution in [0, 0.1) is 0 Å². The number of carboxylic acid groups (broad SMARTS) is 1. The van der Waals surface area contributed by atoms with E-state index in [4.69, 9.17) is 22.3 Å². The van der Waals surface area contributed by atoms with Crippen molar-refractivity contribution in [3.05, 3.63) is 0 Å². The van der Waals surface area contributed by atoms with Gasteiger partial charge in [-0.3, -0.25) is 14.4 Å².